The third-order valence-electron chi connectivity index (χ3n) is 3.51. The summed E-state index contributed by atoms with van der Waals surface area (Å²) in [6, 6.07) is 0.705. The molecular weight excluding hydrogens is 230 g/mol. The highest BCUT2D eigenvalue weighted by Crippen LogP contribution is 2.13. The largest absolute Gasteiger partial charge is 0.313 e. The zero-order chi connectivity index (χ0) is 12.1. The second-order valence-corrected chi connectivity index (χ2v) is 5.96. The molecule has 1 atom stereocenters. The number of piperidine rings is 1. The summed E-state index contributed by atoms with van der Waals surface area (Å²) in [5.74, 6) is 0. The Morgan fingerprint density at radius 3 is 3.06 bits per heavy atom. The van der Waals surface area contributed by atoms with Crippen LogP contribution in [0.15, 0.2) is 5.51 Å². The first-order valence-corrected chi connectivity index (χ1v) is 7.44. The highest BCUT2D eigenvalue weighted by atomic mass is 32.1. The van der Waals surface area contributed by atoms with Crippen LogP contribution in [-0.2, 0) is 6.42 Å². The van der Waals surface area contributed by atoms with E-state index >= 15 is 0 Å². The number of rotatable bonds is 5. The van der Waals surface area contributed by atoms with Crippen molar-refractivity contribution in [3.05, 3.63) is 16.1 Å². The van der Waals surface area contributed by atoms with E-state index < -0.39 is 0 Å². The van der Waals surface area contributed by atoms with E-state index in [2.05, 4.69) is 29.2 Å². The Kier molecular flexibility index (Phi) is 4.95. The second-order valence-electron chi connectivity index (χ2n) is 5.02. The van der Waals surface area contributed by atoms with E-state index in [4.69, 9.17) is 0 Å². The van der Waals surface area contributed by atoms with Crippen LogP contribution in [0.1, 0.15) is 29.8 Å². The maximum atomic E-state index is 4.30. The van der Waals surface area contributed by atoms with Crippen molar-refractivity contribution < 1.29 is 0 Å². The van der Waals surface area contributed by atoms with E-state index in [1.807, 2.05) is 5.51 Å². The summed E-state index contributed by atoms with van der Waals surface area (Å²) in [5, 5.41) is 3.60. The quantitative estimate of drug-likeness (QED) is 0.871. The number of nitrogens with one attached hydrogen (secondary N) is 1. The van der Waals surface area contributed by atoms with Gasteiger partial charge in [0.25, 0.3) is 0 Å². The van der Waals surface area contributed by atoms with Gasteiger partial charge in [-0.1, -0.05) is 6.42 Å². The minimum Gasteiger partial charge on any atom is -0.313 e. The van der Waals surface area contributed by atoms with Crippen LogP contribution in [0.2, 0.25) is 0 Å². The number of hydrogen-bond acceptors (Lipinski definition) is 4. The Morgan fingerprint density at radius 2 is 2.41 bits per heavy atom. The lowest BCUT2D eigenvalue weighted by Gasteiger charge is -2.28. The summed E-state index contributed by atoms with van der Waals surface area (Å²) in [6.07, 6.45) is 5.21. The van der Waals surface area contributed by atoms with Crippen molar-refractivity contribution in [2.24, 2.45) is 0 Å². The van der Waals surface area contributed by atoms with Crippen LogP contribution < -0.4 is 5.32 Å². The number of thiazole rings is 1. The lowest BCUT2D eigenvalue weighted by atomic mass is 10.0. The molecule has 1 saturated heterocycles. The predicted octanol–water partition coefficient (Wildman–Crippen LogP) is 2.07. The molecule has 0 radical (unpaired) electrons. The number of aryl methyl sites for hydroxylation is 1. The van der Waals surface area contributed by atoms with Gasteiger partial charge in [0.2, 0.25) is 0 Å². The van der Waals surface area contributed by atoms with Gasteiger partial charge in [0, 0.05) is 24.0 Å². The molecule has 1 aliphatic rings. The maximum absolute atomic E-state index is 4.30. The van der Waals surface area contributed by atoms with E-state index in [0.29, 0.717) is 6.04 Å². The first-order valence-electron chi connectivity index (χ1n) is 6.56. The van der Waals surface area contributed by atoms with Gasteiger partial charge >= 0.3 is 0 Å². The van der Waals surface area contributed by atoms with Gasteiger partial charge in [0.05, 0.1) is 11.2 Å². The minimum absolute atomic E-state index is 0.705. The summed E-state index contributed by atoms with van der Waals surface area (Å²) >= 11 is 1.78. The molecule has 0 spiro atoms. The zero-order valence-electron chi connectivity index (χ0n) is 10.9. The van der Waals surface area contributed by atoms with Gasteiger partial charge < -0.3 is 10.2 Å². The van der Waals surface area contributed by atoms with Gasteiger partial charge in [-0.15, -0.1) is 11.3 Å². The van der Waals surface area contributed by atoms with Crippen LogP contribution in [0.25, 0.3) is 0 Å². The molecule has 1 aromatic rings. The molecule has 4 heteroatoms. The van der Waals surface area contributed by atoms with Crippen molar-refractivity contribution >= 4 is 11.3 Å². The van der Waals surface area contributed by atoms with Crippen LogP contribution >= 0.6 is 11.3 Å². The molecule has 3 nitrogen and oxygen atoms in total. The molecular formula is C13H23N3S. The molecule has 1 fully saturated rings. The molecule has 0 saturated carbocycles. The van der Waals surface area contributed by atoms with Gasteiger partial charge in [-0.3, -0.25) is 0 Å². The normalized spacial score (nSPS) is 21.0. The Bertz CT molecular complexity index is 331. The molecule has 0 aliphatic carbocycles. The van der Waals surface area contributed by atoms with Crippen molar-refractivity contribution in [1.29, 1.82) is 0 Å². The van der Waals surface area contributed by atoms with Gasteiger partial charge in [-0.05, 0) is 39.8 Å². The monoisotopic (exact) mass is 253 g/mol. The first kappa shape index (κ1) is 13.0. The Balaban J connectivity index is 1.70. The van der Waals surface area contributed by atoms with Crippen molar-refractivity contribution in [3.63, 3.8) is 0 Å². The fourth-order valence-electron chi connectivity index (χ4n) is 2.41. The summed E-state index contributed by atoms with van der Waals surface area (Å²) in [5.41, 5.74) is 3.16. The number of nitrogens with zero attached hydrogens (tertiary/aromatic N) is 2. The van der Waals surface area contributed by atoms with Gasteiger partial charge in [-0.25, -0.2) is 4.98 Å². The number of hydrogen-bond donors (Lipinski definition) is 1. The van der Waals surface area contributed by atoms with Crippen LogP contribution in [0.3, 0.4) is 0 Å². The van der Waals surface area contributed by atoms with Crippen molar-refractivity contribution in [1.82, 2.24) is 15.2 Å². The average Bonchev–Trinajstić information content (AvgIpc) is 2.74. The molecule has 0 aromatic carbocycles. The molecule has 1 aromatic heterocycles. The standard InChI is InChI=1S/C13H23N3S/c1-11-13(17-10-15-11)6-8-16(2)9-12-5-3-4-7-14-12/h10,12,14H,3-9H2,1-2H3. The molecule has 2 rings (SSSR count). The smallest absolute Gasteiger partial charge is 0.0797 e. The lowest BCUT2D eigenvalue weighted by Crippen LogP contribution is -2.42. The summed E-state index contributed by atoms with van der Waals surface area (Å²) in [6.45, 7) is 5.63. The van der Waals surface area contributed by atoms with Crippen LogP contribution in [0, 0.1) is 6.92 Å². The van der Waals surface area contributed by atoms with Crippen LogP contribution in [-0.4, -0.2) is 42.6 Å². The van der Waals surface area contributed by atoms with E-state index in [1.165, 1.54) is 42.9 Å². The topological polar surface area (TPSA) is 28.2 Å². The Hall–Kier alpha value is -0.450. The molecule has 2 heterocycles. The maximum Gasteiger partial charge on any atom is 0.0797 e. The SMILES string of the molecule is Cc1ncsc1CCN(C)CC1CCCCN1. The van der Waals surface area contributed by atoms with E-state index in [1.54, 1.807) is 11.3 Å². The third kappa shape index (κ3) is 4.05. The number of aromatic nitrogens is 1. The van der Waals surface area contributed by atoms with Crippen molar-refractivity contribution in [3.8, 4) is 0 Å². The average molecular weight is 253 g/mol. The van der Waals surface area contributed by atoms with Gasteiger partial charge in [0.1, 0.15) is 0 Å². The molecule has 0 bridgehead atoms. The highest BCUT2D eigenvalue weighted by Gasteiger charge is 2.14. The molecule has 1 unspecified atom stereocenters. The molecule has 17 heavy (non-hydrogen) atoms. The minimum atomic E-state index is 0.705. The van der Waals surface area contributed by atoms with Gasteiger partial charge in [0.15, 0.2) is 0 Å². The van der Waals surface area contributed by atoms with Crippen molar-refractivity contribution in [2.75, 3.05) is 26.7 Å². The van der Waals surface area contributed by atoms with Gasteiger partial charge in [-0.2, -0.15) is 0 Å². The molecule has 96 valence electrons. The highest BCUT2D eigenvalue weighted by molar-refractivity contribution is 7.09. The molecule has 1 aliphatic heterocycles. The fraction of sp³-hybridized carbons (Fsp3) is 0.769. The molecule has 1 N–H and O–H groups in total. The van der Waals surface area contributed by atoms with Crippen molar-refractivity contribution in [2.45, 2.75) is 38.6 Å². The summed E-state index contributed by atoms with van der Waals surface area (Å²) < 4.78 is 0. The summed E-state index contributed by atoms with van der Waals surface area (Å²) in [4.78, 5) is 8.18. The van der Waals surface area contributed by atoms with E-state index in [-0.39, 0.29) is 0 Å². The Morgan fingerprint density at radius 1 is 1.53 bits per heavy atom. The van der Waals surface area contributed by atoms with Crippen LogP contribution in [0.5, 0.6) is 0 Å². The first-order chi connectivity index (χ1) is 8.25. The van der Waals surface area contributed by atoms with E-state index in [0.717, 1.165) is 13.0 Å². The summed E-state index contributed by atoms with van der Waals surface area (Å²) in [7, 11) is 2.23. The predicted molar refractivity (Wildman–Crippen MR) is 73.7 cm³/mol. The lowest BCUT2D eigenvalue weighted by molar-refractivity contribution is 0.265. The molecule has 0 amide bonds. The zero-order valence-corrected chi connectivity index (χ0v) is 11.7. The third-order valence-corrected chi connectivity index (χ3v) is 4.50. The van der Waals surface area contributed by atoms with Crippen LogP contribution in [0.4, 0.5) is 0 Å². The fourth-order valence-corrected chi connectivity index (χ4v) is 3.18. The second kappa shape index (κ2) is 6.47. The Labute approximate surface area is 108 Å². The van der Waals surface area contributed by atoms with E-state index in [9.17, 15) is 0 Å². The number of likely N-dealkylation sites (N-methyl/N-ethyl adjacent to an activating group) is 1.